The molecule has 0 saturated heterocycles. The molecule has 1 heterocycles. The van der Waals surface area contributed by atoms with Crippen molar-refractivity contribution in [3.63, 3.8) is 0 Å². The Kier molecular flexibility index (Phi) is 6.81. The summed E-state index contributed by atoms with van der Waals surface area (Å²) in [7, 11) is -1.70. The van der Waals surface area contributed by atoms with Crippen LogP contribution in [0.2, 0.25) is 18.1 Å². The van der Waals surface area contributed by atoms with Gasteiger partial charge in [-0.25, -0.2) is 0 Å². The highest BCUT2D eigenvalue weighted by Crippen LogP contribution is 2.36. The van der Waals surface area contributed by atoms with Gasteiger partial charge in [-0.2, -0.15) is 5.10 Å². The lowest BCUT2D eigenvalue weighted by molar-refractivity contribution is -0.116. The van der Waals surface area contributed by atoms with Gasteiger partial charge >= 0.3 is 0 Å². The molecule has 0 aromatic carbocycles. The van der Waals surface area contributed by atoms with Crippen LogP contribution in [0.25, 0.3) is 0 Å². The Morgan fingerprint density at radius 2 is 2.09 bits per heavy atom. The summed E-state index contributed by atoms with van der Waals surface area (Å²) in [5, 5.41) is 7.40. The molecule has 22 heavy (non-hydrogen) atoms. The Hall–Kier alpha value is -1.14. The third-order valence-electron chi connectivity index (χ3n) is 4.26. The molecule has 1 N–H and O–H groups in total. The van der Waals surface area contributed by atoms with Gasteiger partial charge in [-0.05, 0) is 24.6 Å². The van der Waals surface area contributed by atoms with E-state index in [9.17, 15) is 4.79 Å². The summed E-state index contributed by atoms with van der Waals surface area (Å²) in [6.45, 7) is 14.6. The molecule has 126 valence electrons. The van der Waals surface area contributed by atoms with Crippen LogP contribution in [0.5, 0.6) is 0 Å². The normalized spacial score (nSPS) is 12.5. The fraction of sp³-hybridized carbons (Fsp3) is 0.750. The third kappa shape index (κ3) is 5.92. The van der Waals surface area contributed by atoms with Gasteiger partial charge in [0, 0.05) is 18.7 Å². The van der Waals surface area contributed by atoms with E-state index in [0.29, 0.717) is 25.4 Å². The first-order valence-electron chi connectivity index (χ1n) is 8.13. The molecule has 0 radical (unpaired) electrons. The topological polar surface area (TPSA) is 56.2 Å². The Morgan fingerprint density at radius 1 is 1.41 bits per heavy atom. The van der Waals surface area contributed by atoms with Crippen molar-refractivity contribution in [2.45, 2.75) is 71.6 Å². The van der Waals surface area contributed by atoms with Gasteiger partial charge in [-0.3, -0.25) is 9.48 Å². The number of nitrogens with one attached hydrogen (secondary N) is 1. The Bertz CT molecular complexity index is 478. The highest BCUT2D eigenvalue weighted by atomic mass is 28.4. The van der Waals surface area contributed by atoms with Gasteiger partial charge in [-0.1, -0.05) is 34.1 Å². The third-order valence-corrected chi connectivity index (χ3v) is 8.79. The second-order valence-electron chi connectivity index (χ2n) is 7.22. The molecule has 0 aliphatic heterocycles. The van der Waals surface area contributed by atoms with E-state index >= 15 is 0 Å². The fourth-order valence-corrected chi connectivity index (χ4v) is 2.74. The lowest BCUT2D eigenvalue weighted by Gasteiger charge is -2.36. The van der Waals surface area contributed by atoms with Crippen LogP contribution in [0.3, 0.4) is 0 Å². The summed E-state index contributed by atoms with van der Waals surface area (Å²) in [6.07, 6.45) is 4.36. The highest BCUT2D eigenvalue weighted by molar-refractivity contribution is 6.74. The van der Waals surface area contributed by atoms with Crippen molar-refractivity contribution in [1.29, 1.82) is 0 Å². The van der Waals surface area contributed by atoms with Crippen LogP contribution in [0.15, 0.2) is 12.3 Å². The minimum atomic E-state index is -1.70. The number of nitrogens with zero attached hydrogens (tertiary/aromatic N) is 2. The van der Waals surface area contributed by atoms with Crippen molar-refractivity contribution in [2.24, 2.45) is 0 Å². The molecular formula is C16H31N3O2Si. The van der Waals surface area contributed by atoms with E-state index in [4.69, 9.17) is 4.43 Å². The number of hydrogen-bond donors (Lipinski definition) is 1. The maximum atomic E-state index is 11.7. The number of amides is 1. The molecule has 0 atom stereocenters. The van der Waals surface area contributed by atoms with Crippen molar-refractivity contribution in [2.75, 3.05) is 11.9 Å². The van der Waals surface area contributed by atoms with Crippen LogP contribution >= 0.6 is 0 Å². The summed E-state index contributed by atoms with van der Waals surface area (Å²) in [4.78, 5) is 11.7. The van der Waals surface area contributed by atoms with Crippen LogP contribution in [-0.2, 0) is 15.8 Å². The molecule has 0 saturated carbocycles. The molecular weight excluding hydrogens is 294 g/mol. The van der Waals surface area contributed by atoms with Crippen molar-refractivity contribution < 1.29 is 9.22 Å². The number of anilines is 1. The summed E-state index contributed by atoms with van der Waals surface area (Å²) in [6, 6.07) is 1.83. The standard InChI is InChI=1S/C16H31N3O2Si/c1-7-8-9-15(20)17-14-10-11-19(18-14)12-13-21-22(5,6)16(2,3)4/h10-11H,7-9,12-13H2,1-6H3,(H,17,18,20). The largest absolute Gasteiger partial charge is 0.415 e. The lowest BCUT2D eigenvalue weighted by atomic mass is 10.2. The van der Waals surface area contributed by atoms with Gasteiger partial charge in [0.1, 0.15) is 0 Å². The number of aromatic nitrogens is 2. The van der Waals surface area contributed by atoms with E-state index in [-0.39, 0.29) is 10.9 Å². The highest BCUT2D eigenvalue weighted by Gasteiger charge is 2.36. The van der Waals surface area contributed by atoms with E-state index in [2.05, 4.69) is 51.2 Å². The molecule has 1 aromatic heterocycles. The van der Waals surface area contributed by atoms with Crippen LogP contribution in [-0.4, -0.2) is 30.6 Å². The van der Waals surface area contributed by atoms with Crippen molar-refractivity contribution in [3.05, 3.63) is 12.3 Å². The summed E-state index contributed by atoms with van der Waals surface area (Å²) < 4.78 is 7.95. The second kappa shape index (κ2) is 7.92. The van der Waals surface area contributed by atoms with Crippen molar-refractivity contribution >= 4 is 20.0 Å². The average molecular weight is 326 g/mol. The fourth-order valence-electron chi connectivity index (χ4n) is 1.71. The van der Waals surface area contributed by atoms with Crippen LogP contribution in [0, 0.1) is 0 Å². The number of carbonyl (C=O) groups excluding carboxylic acids is 1. The van der Waals surface area contributed by atoms with Crippen LogP contribution < -0.4 is 5.32 Å². The van der Waals surface area contributed by atoms with Crippen LogP contribution in [0.4, 0.5) is 5.82 Å². The number of hydrogen-bond acceptors (Lipinski definition) is 3. The molecule has 0 fully saturated rings. The van der Waals surface area contributed by atoms with E-state index in [1.807, 2.05) is 16.9 Å². The van der Waals surface area contributed by atoms with E-state index in [1.54, 1.807) is 0 Å². The summed E-state index contributed by atoms with van der Waals surface area (Å²) in [5.41, 5.74) is 0. The number of carbonyl (C=O) groups is 1. The molecule has 6 heteroatoms. The maximum Gasteiger partial charge on any atom is 0.225 e. The molecule has 5 nitrogen and oxygen atoms in total. The molecule has 0 aliphatic carbocycles. The number of unbranched alkanes of at least 4 members (excludes halogenated alkanes) is 1. The molecule has 0 spiro atoms. The summed E-state index contributed by atoms with van der Waals surface area (Å²) in [5.74, 6) is 0.651. The molecule has 0 aliphatic rings. The van der Waals surface area contributed by atoms with E-state index < -0.39 is 8.32 Å². The minimum absolute atomic E-state index is 0.0321. The van der Waals surface area contributed by atoms with Gasteiger partial charge in [-0.15, -0.1) is 0 Å². The molecule has 1 amide bonds. The minimum Gasteiger partial charge on any atom is -0.415 e. The van der Waals surface area contributed by atoms with Gasteiger partial charge in [0.2, 0.25) is 5.91 Å². The zero-order chi connectivity index (χ0) is 16.8. The van der Waals surface area contributed by atoms with E-state index in [1.165, 1.54) is 0 Å². The lowest BCUT2D eigenvalue weighted by Crippen LogP contribution is -2.41. The van der Waals surface area contributed by atoms with E-state index in [0.717, 1.165) is 12.8 Å². The first kappa shape index (κ1) is 18.9. The van der Waals surface area contributed by atoms with Gasteiger partial charge in [0.25, 0.3) is 0 Å². The SMILES string of the molecule is CCCCC(=O)Nc1ccn(CCO[Si](C)(C)C(C)(C)C)n1. The van der Waals surface area contributed by atoms with Gasteiger partial charge in [0.15, 0.2) is 14.1 Å². The molecule has 0 bridgehead atoms. The Morgan fingerprint density at radius 3 is 2.68 bits per heavy atom. The predicted molar refractivity (Wildman–Crippen MR) is 93.5 cm³/mol. The molecule has 0 unspecified atom stereocenters. The van der Waals surface area contributed by atoms with Crippen molar-refractivity contribution in [3.8, 4) is 0 Å². The second-order valence-corrected chi connectivity index (χ2v) is 12.0. The van der Waals surface area contributed by atoms with Crippen LogP contribution in [0.1, 0.15) is 47.0 Å². The zero-order valence-corrected chi connectivity index (χ0v) is 15.9. The zero-order valence-electron chi connectivity index (χ0n) is 14.9. The predicted octanol–water partition coefficient (Wildman–Crippen LogP) is 4.03. The molecule has 1 rings (SSSR count). The molecule has 1 aromatic rings. The maximum absolute atomic E-state index is 11.7. The first-order chi connectivity index (χ1) is 10.2. The summed E-state index contributed by atoms with van der Waals surface area (Å²) >= 11 is 0. The number of rotatable bonds is 8. The smallest absolute Gasteiger partial charge is 0.225 e. The Balaban J connectivity index is 2.41. The quantitative estimate of drug-likeness (QED) is 0.734. The van der Waals surface area contributed by atoms with Crippen molar-refractivity contribution in [1.82, 2.24) is 9.78 Å². The Labute approximate surface area is 135 Å². The average Bonchev–Trinajstić information content (AvgIpc) is 2.82. The first-order valence-corrected chi connectivity index (χ1v) is 11.0. The van der Waals surface area contributed by atoms with Gasteiger partial charge < -0.3 is 9.74 Å². The monoisotopic (exact) mass is 325 g/mol. The van der Waals surface area contributed by atoms with Gasteiger partial charge in [0.05, 0.1) is 13.2 Å².